The molecule has 2 heterocycles. The molecule has 0 spiro atoms. The molecule has 0 saturated carbocycles. The van der Waals surface area contributed by atoms with Crippen LogP contribution in [0.1, 0.15) is 16.5 Å². The van der Waals surface area contributed by atoms with E-state index < -0.39 is 11.8 Å². The predicted molar refractivity (Wildman–Crippen MR) is 107 cm³/mol. The van der Waals surface area contributed by atoms with E-state index in [1.165, 1.54) is 4.88 Å². The zero-order valence-corrected chi connectivity index (χ0v) is 16.7. The summed E-state index contributed by atoms with van der Waals surface area (Å²) in [4.78, 5) is 27.8. The van der Waals surface area contributed by atoms with E-state index in [1.807, 2.05) is 35.7 Å². The van der Waals surface area contributed by atoms with Crippen LogP contribution in [0.4, 0.5) is 0 Å². The number of thiophene rings is 1. The van der Waals surface area contributed by atoms with Gasteiger partial charge >= 0.3 is 11.8 Å². The number of morpholine rings is 1. The second-order valence-corrected chi connectivity index (χ2v) is 7.40. The molecule has 0 radical (unpaired) electrons. The molecule has 7 nitrogen and oxygen atoms in total. The number of hydrogen-bond acceptors (Lipinski definition) is 6. The maximum atomic E-state index is 12.2. The number of ether oxygens (including phenoxy) is 2. The molecular weight excluding hydrogens is 378 g/mol. The summed E-state index contributed by atoms with van der Waals surface area (Å²) >= 11 is 1.65. The molecule has 0 unspecified atom stereocenters. The third-order valence-electron chi connectivity index (χ3n) is 4.63. The number of nitrogens with one attached hydrogen (secondary N) is 2. The maximum absolute atomic E-state index is 12.2. The van der Waals surface area contributed by atoms with Gasteiger partial charge in [0.15, 0.2) is 0 Å². The van der Waals surface area contributed by atoms with Gasteiger partial charge < -0.3 is 20.1 Å². The summed E-state index contributed by atoms with van der Waals surface area (Å²) in [6.07, 6.45) is 0. The van der Waals surface area contributed by atoms with E-state index in [1.54, 1.807) is 18.4 Å². The van der Waals surface area contributed by atoms with Gasteiger partial charge in [-0.05, 0) is 29.1 Å². The smallest absolute Gasteiger partial charge is 0.309 e. The van der Waals surface area contributed by atoms with Crippen LogP contribution in [0.2, 0.25) is 0 Å². The number of hydrogen-bond donors (Lipinski definition) is 2. The Hall–Kier alpha value is -2.42. The number of nitrogens with zero attached hydrogens (tertiary/aromatic N) is 1. The van der Waals surface area contributed by atoms with Crippen LogP contribution < -0.4 is 15.4 Å². The highest BCUT2D eigenvalue weighted by Crippen LogP contribution is 2.25. The highest BCUT2D eigenvalue weighted by atomic mass is 32.1. The quantitative estimate of drug-likeness (QED) is 0.686. The molecular formula is C20H25N3O4S. The Morgan fingerprint density at radius 3 is 2.50 bits per heavy atom. The van der Waals surface area contributed by atoms with E-state index in [4.69, 9.17) is 9.47 Å². The van der Waals surface area contributed by atoms with Gasteiger partial charge in [0.1, 0.15) is 5.75 Å². The third kappa shape index (κ3) is 5.54. The summed E-state index contributed by atoms with van der Waals surface area (Å²) in [7, 11) is 1.60. The lowest BCUT2D eigenvalue weighted by molar-refractivity contribution is -0.139. The summed E-state index contributed by atoms with van der Waals surface area (Å²) in [5.74, 6) is -0.512. The van der Waals surface area contributed by atoms with Crippen LogP contribution in [0.5, 0.6) is 5.75 Å². The molecule has 3 rings (SSSR count). The van der Waals surface area contributed by atoms with Crippen molar-refractivity contribution in [2.24, 2.45) is 0 Å². The van der Waals surface area contributed by atoms with Crippen molar-refractivity contribution in [3.63, 3.8) is 0 Å². The minimum Gasteiger partial charge on any atom is -0.497 e. The molecule has 1 aromatic heterocycles. The Balaban J connectivity index is 1.50. The van der Waals surface area contributed by atoms with Gasteiger partial charge in [-0.3, -0.25) is 14.5 Å². The topological polar surface area (TPSA) is 79.9 Å². The van der Waals surface area contributed by atoms with Crippen LogP contribution in [0.15, 0.2) is 41.8 Å². The molecule has 150 valence electrons. The van der Waals surface area contributed by atoms with Gasteiger partial charge in [0.05, 0.1) is 26.4 Å². The number of rotatable bonds is 7. The number of benzene rings is 1. The van der Waals surface area contributed by atoms with Crippen LogP contribution in [0.3, 0.4) is 0 Å². The van der Waals surface area contributed by atoms with Gasteiger partial charge in [0.25, 0.3) is 0 Å². The molecule has 0 aliphatic carbocycles. The molecule has 2 aromatic rings. The number of carbonyl (C=O) groups is 2. The monoisotopic (exact) mass is 403 g/mol. The summed E-state index contributed by atoms with van der Waals surface area (Å²) in [5, 5.41) is 7.45. The number of amides is 2. The van der Waals surface area contributed by atoms with Crippen molar-refractivity contribution in [2.45, 2.75) is 12.6 Å². The fraction of sp³-hybridized carbons (Fsp3) is 0.400. The number of carbonyl (C=O) groups excluding carboxylic acids is 2. The van der Waals surface area contributed by atoms with E-state index in [0.717, 1.165) is 24.4 Å². The average Bonchev–Trinajstić information content (AvgIpc) is 3.27. The summed E-state index contributed by atoms with van der Waals surface area (Å²) in [6, 6.07) is 11.4. The first-order chi connectivity index (χ1) is 13.7. The Morgan fingerprint density at radius 1 is 1.14 bits per heavy atom. The predicted octanol–water partition coefficient (Wildman–Crippen LogP) is 1.56. The Morgan fingerprint density at radius 2 is 1.86 bits per heavy atom. The Bertz CT molecular complexity index is 758. The minimum atomic E-state index is -0.636. The fourth-order valence-electron chi connectivity index (χ4n) is 3.06. The van der Waals surface area contributed by atoms with E-state index in [0.29, 0.717) is 19.8 Å². The van der Waals surface area contributed by atoms with Crippen LogP contribution in [0.25, 0.3) is 0 Å². The molecule has 1 aliphatic rings. The summed E-state index contributed by atoms with van der Waals surface area (Å²) in [6.45, 7) is 3.64. The third-order valence-corrected chi connectivity index (χ3v) is 5.61. The van der Waals surface area contributed by atoms with Gasteiger partial charge in [-0.1, -0.05) is 18.2 Å². The van der Waals surface area contributed by atoms with Gasteiger partial charge in [0.2, 0.25) is 0 Å². The van der Waals surface area contributed by atoms with Crippen LogP contribution in [0, 0.1) is 0 Å². The minimum absolute atomic E-state index is 0.0437. The second kappa shape index (κ2) is 10.2. The first kappa shape index (κ1) is 20.3. The Kier molecular flexibility index (Phi) is 7.41. The van der Waals surface area contributed by atoms with Crippen molar-refractivity contribution in [1.29, 1.82) is 0 Å². The van der Waals surface area contributed by atoms with Crippen LogP contribution >= 0.6 is 11.3 Å². The first-order valence-corrected chi connectivity index (χ1v) is 10.1. The molecule has 28 heavy (non-hydrogen) atoms. The molecule has 2 N–H and O–H groups in total. The SMILES string of the molecule is COc1ccc(CNC(=O)C(=O)NC[C@H](c2cccs2)N2CCOCC2)cc1. The van der Waals surface area contributed by atoms with Crippen LogP contribution in [-0.4, -0.2) is 56.7 Å². The molecule has 0 bridgehead atoms. The Labute approximate surface area is 168 Å². The second-order valence-electron chi connectivity index (χ2n) is 6.42. The van der Waals surface area contributed by atoms with Gasteiger partial charge in [-0.2, -0.15) is 0 Å². The van der Waals surface area contributed by atoms with E-state index in [2.05, 4.69) is 21.6 Å². The lowest BCUT2D eigenvalue weighted by Crippen LogP contribution is -2.46. The zero-order valence-electron chi connectivity index (χ0n) is 15.8. The van der Waals surface area contributed by atoms with Gasteiger partial charge in [-0.15, -0.1) is 11.3 Å². The lowest BCUT2D eigenvalue weighted by atomic mass is 10.2. The molecule has 1 aromatic carbocycles. The zero-order chi connectivity index (χ0) is 19.8. The maximum Gasteiger partial charge on any atom is 0.309 e. The van der Waals surface area contributed by atoms with Crippen molar-refractivity contribution in [3.8, 4) is 5.75 Å². The largest absolute Gasteiger partial charge is 0.497 e. The molecule has 2 amide bonds. The van der Waals surface area contributed by atoms with E-state index in [-0.39, 0.29) is 12.6 Å². The first-order valence-electron chi connectivity index (χ1n) is 9.21. The molecule has 1 fully saturated rings. The molecule has 1 atom stereocenters. The van der Waals surface area contributed by atoms with Crippen molar-refractivity contribution in [1.82, 2.24) is 15.5 Å². The average molecular weight is 404 g/mol. The number of methoxy groups -OCH3 is 1. The normalized spacial score (nSPS) is 15.6. The van der Waals surface area contributed by atoms with Crippen molar-refractivity contribution in [2.75, 3.05) is 40.0 Å². The molecule has 1 saturated heterocycles. The van der Waals surface area contributed by atoms with Crippen molar-refractivity contribution in [3.05, 3.63) is 52.2 Å². The fourth-order valence-corrected chi connectivity index (χ4v) is 3.92. The van der Waals surface area contributed by atoms with Crippen LogP contribution in [-0.2, 0) is 20.9 Å². The highest BCUT2D eigenvalue weighted by Gasteiger charge is 2.25. The standard InChI is InChI=1S/C20H25N3O4S/c1-26-16-6-4-15(5-7-16)13-21-19(24)20(25)22-14-17(18-3-2-12-28-18)23-8-10-27-11-9-23/h2-7,12,17H,8-11,13-14H2,1H3,(H,21,24)(H,22,25)/t17-/m1/s1. The van der Waals surface area contributed by atoms with Crippen molar-refractivity contribution < 1.29 is 19.1 Å². The van der Waals surface area contributed by atoms with Crippen molar-refractivity contribution >= 4 is 23.2 Å². The van der Waals surface area contributed by atoms with E-state index >= 15 is 0 Å². The highest BCUT2D eigenvalue weighted by molar-refractivity contribution is 7.10. The van der Waals surface area contributed by atoms with E-state index in [9.17, 15) is 9.59 Å². The molecule has 1 aliphatic heterocycles. The summed E-state index contributed by atoms with van der Waals surface area (Å²) in [5.41, 5.74) is 0.895. The molecule has 8 heteroatoms. The van der Waals surface area contributed by atoms with Gasteiger partial charge in [0, 0.05) is 31.1 Å². The summed E-state index contributed by atoms with van der Waals surface area (Å²) < 4.78 is 10.5. The van der Waals surface area contributed by atoms with Gasteiger partial charge in [-0.25, -0.2) is 0 Å². The lowest BCUT2D eigenvalue weighted by Gasteiger charge is -2.34.